The highest BCUT2D eigenvalue weighted by molar-refractivity contribution is 7.92. The van der Waals surface area contributed by atoms with Crippen LogP contribution in [0.15, 0.2) is 59.1 Å². The van der Waals surface area contributed by atoms with Gasteiger partial charge in [-0.15, -0.1) is 0 Å². The Kier molecular flexibility index (Phi) is 4.95. The van der Waals surface area contributed by atoms with Crippen molar-refractivity contribution in [2.45, 2.75) is 6.92 Å². The molecule has 0 bridgehead atoms. The second kappa shape index (κ2) is 7.31. The highest BCUT2D eigenvalue weighted by atomic mass is 32.2. The van der Waals surface area contributed by atoms with E-state index < -0.39 is 10.0 Å². The molecule has 0 amide bonds. The predicted molar refractivity (Wildman–Crippen MR) is 98.2 cm³/mol. The van der Waals surface area contributed by atoms with Crippen LogP contribution in [-0.2, 0) is 10.0 Å². The van der Waals surface area contributed by atoms with Crippen LogP contribution in [0.4, 0.5) is 5.69 Å². The zero-order valence-electron chi connectivity index (χ0n) is 13.6. The Morgan fingerprint density at radius 1 is 1.04 bits per heavy atom. The normalized spacial score (nSPS) is 11.7. The minimum atomic E-state index is -3.29. The Hall–Kier alpha value is -2.93. The van der Waals surface area contributed by atoms with E-state index in [0.29, 0.717) is 17.4 Å². The van der Waals surface area contributed by atoms with Gasteiger partial charge >= 0.3 is 0 Å². The largest absolute Gasteiger partial charge is 0.334 e. The summed E-state index contributed by atoms with van der Waals surface area (Å²) in [5.41, 5.74) is 2.27. The maximum Gasteiger partial charge on any atom is 0.250 e. The van der Waals surface area contributed by atoms with Crippen molar-refractivity contribution in [2.75, 3.05) is 10.5 Å². The van der Waals surface area contributed by atoms with E-state index >= 15 is 0 Å². The summed E-state index contributed by atoms with van der Waals surface area (Å²) in [6.45, 7) is 1.58. The van der Waals surface area contributed by atoms with E-state index in [-0.39, 0.29) is 5.75 Å². The monoisotopic (exact) mass is 355 g/mol. The first kappa shape index (κ1) is 16.9. The third-order valence-corrected chi connectivity index (χ3v) is 4.76. The van der Waals surface area contributed by atoms with Gasteiger partial charge in [0.1, 0.15) is 0 Å². The lowest BCUT2D eigenvalue weighted by atomic mass is 10.2. The van der Waals surface area contributed by atoms with Crippen LogP contribution in [0.5, 0.6) is 0 Å². The third kappa shape index (κ3) is 4.54. The number of benzene rings is 2. The maximum atomic E-state index is 11.6. The fraction of sp³-hybridized carbons (Fsp3) is 0.111. The molecule has 0 saturated heterocycles. The van der Waals surface area contributed by atoms with Crippen molar-refractivity contribution >= 4 is 27.9 Å². The van der Waals surface area contributed by atoms with E-state index in [2.05, 4.69) is 14.9 Å². The van der Waals surface area contributed by atoms with E-state index in [1.54, 1.807) is 37.3 Å². The fourth-order valence-corrected chi connectivity index (χ4v) is 2.73. The predicted octanol–water partition coefficient (Wildman–Crippen LogP) is 3.67. The zero-order valence-corrected chi connectivity index (χ0v) is 14.4. The second-order valence-corrected chi connectivity index (χ2v) is 7.29. The van der Waals surface area contributed by atoms with Gasteiger partial charge in [0.25, 0.3) is 5.89 Å². The highest BCUT2D eigenvalue weighted by Crippen LogP contribution is 2.20. The van der Waals surface area contributed by atoms with Crippen LogP contribution in [0.3, 0.4) is 0 Å². The number of hydrogen-bond donors (Lipinski definition) is 1. The molecule has 0 aliphatic carbocycles. The quantitative estimate of drug-likeness (QED) is 0.729. The van der Waals surface area contributed by atoms with Gasteiger partial charge in [0.15, 0.2) is 0 Å². The van der Waals surface area contributed by atoms with Crippen molar-refractivity contribution in [3.8, 4) is 11.4 Å². The standard InChI is InChI=1S/C18H17N3O3S/c1-2-25(22,23)21-16-11-9-15(10-12-16)18-19-17(24-20-18)13-8-14-6-4-3-5-7-14/h3-13,21H,2H2,1H3/b13-8+. The van der Waals surface area contributed by atoms with E-state index in [0.717, 1.165) is 11.1 Å². The highest BCUT2D eigenvalue weighted by Gasteiger charge is 2.09. The van der Waals surface area contributed by atoms with Gasteiger partial charge in [-0.1, -0.05) is 35.5 Å². The molecule has 0 unspecified atom stereocenters. The molecule has 7 heteroatoms. The van der Waals surface area contributed by atoms with Crippen LogP contribution >= 0.6 is 0 Å². The number of rotatable bonds is 6. The number of nitrogens with zero attached hydrogens (tertiary/aromatic N) is 2. The molecule has 3 rings (SSSR count). The molecule has 0 radical (unpaired) electrons. The number of sulfonamides is 1. The third-order valence-electron chi connectivity index (χ3n) is 3.46. The summed E-state index contributed by atoms with van der Waals surface area (Å²) in [7, 11) is -3.29. The number of hydrogen-bond acceptors (Lipinski definition) is 5. The second-order valence-electron chi connectivity index (χ2n) is 5.28. The first-order chi connectivity index (χ1) is 12.1. The van der Waals surface area contributed by atoms with Gasteiger partial charge in [-0.05, 0) is 42.8 Å². The molecule has 6 nitrogen and oxygen atoms in total. The van der Waals surface area contributed by atoms with Crippen molar-refractivity contribution in [3.63, 3.8) is 0 Å². The van der Waals surface area contributed by atoms with Gasteiger partial charge in [-0.2, -0.15) is 4.98 Å². The Morgan fingerprint density at radius 2 is 1.76 bits per heavy atom. The molecular weight excluding hydrogens is 338 g/mol. The number of aromatic nitrogens is 2. The van der Waals surface area contributed by atoms with Gasteiger partial charge in [0.05, 0.1) is 5.75 Å². The minimum absolute atomic E-state index is 0.0245. The van der Waals surface area contributed by atoms with Crippen LogP contribution in [0.2, 0.25) is 0 Å². The molecule has 1 N–H and O–H groups in total. The van der Waals surface area contributed by atoms with Gasteiger partial charge < -0.3 is 4.52 Å². The minimum Gasteiger partial charge on any atom is -0.334 e. The molecule has 0 saturated carbocycles. The Morgan fingerprint density at radius 3 is 2.44 bits per heavy atom. The molecule has 1 aromatic heterocycles. The lowest BCUT2D eigenvalue weighted by molar-refractivity contribution is 0.411. The summed E-state index contributed by atoms with van der Waals surface area (Å²) in [5, 5.41) is 3.94. The fourth-order valence-electron chi connectivity index (χ4n) is 2.09. The van der Waals surface area contributed by atoms with Gasteiger partial charge in [0, 0.05) is 17.3 Å². The molecule has 2 aromatic carbocycles. The summed E-state index contributed by atoms with van der Waals surface area (Å²) >= 11 is 0. The SMILES string of the molecule is CCS(=O)(=O)Nc1ccc(-c2noc(/C=C/c3ccccc3)n2)cc1. The summed E-state index contributed by atoms with van der Waals surface area (Å²) < 4.78 is 30.8. The van der Waals surface area contributed by atoms with Gasteiger partial charge in [-0.3, -0.25) is 4.72 Å². The lowest BCUT2D eigenvalue weighted by Gasteiger charge is -2.05. The van der Waals surface area contributed by atoms with Crippen LogP contribution in [-0.4, -0.2) is 24.3 Å². The first-order valence-electron chi connectivity index (χ1n) is 7.73. The van der Waals surface area contributed by atoms with Gasteiger partial charge in [-0.25, -0.2) is 8.42 Å². The van der Waals surface area contributed by atoms with Crippen LogP contribution < -0.4 is 4.72 Å². The molecule has 0 atom stereocenters. The molecular formula is C18H17N3O3S. The van der Waals surface area contributed by atoms with Crippen molar-refractivity contribution in [2.24, 2.45) is 0 Å². The lowest BCUT2D eigenvalue weighted by Crippen LogP contribution is -2.14. The van der Waals surface area contributed by atoms with E-state index in [1.165, 1.54) is 0 Å². The molecule has 0 spiro atoms. The molecule has 0 fully saturated rings. The molecule has 1 heterocycles. The van der Waals surface area contributed by atoms with Gasteiger partial charge in [0.2, 0.25) is 15.8 Å². The summed E-state index contributed by atoms with van der Waals surface area (Å²) in [5.74, 6) is 0.865. The molecule has 25 heavy (non-hydrogen) atoms. The topological polar surface area (TPSA) is 85.1 Å². The maximum absolute atomic E-state index is 11.6. The van der Waals surface area contributed by atoms with E-state index in [4.69, 9.17) is 4.52 Å². The van der Waals surface area contributed by atoms with Crippen molar-refractivity contribution < 1.29 is 12.9 Å². The van der Waals surface area contributed by atoms with Crippen molar-refractivity contribution in [1.82, 2.24) is 10.1 Å². The first-order valence-corrected chi connectivity index (χ1v) is 9.39. The average Bonchev–Trinajstić information content (AvgIpc) is 3.10. The van der Waals surface area contributed by atoms with Crippen molar-refractivity contribution in [3.05, 3.63) is 66.1 Å². The van der Waals surface area contributed by atoms with Crippen LogP contribution in [0, 0.1) is 0 Å². The summed E-state index contributed by atoms with van der Waals surface area (Å²) in [4.78, 5) is 4.31. The summed E-state index contributed by atoms with van der Waals surface area (Å²) in [6.07, 6.45) is 3.63. The Bertz CT molecular complexity index is 962. The molecule has 0 aliphatic heterocycles. The smallest absolute Gasteiger partial charge is 0.250 e. The average molecular weight is 355 g/mol. The Balaban J connectivity index is 1.73. The Labute approximate surface area is 146 Å². The van der Waals surface area contributed by atoms with E-state index in [1.807, 2.05) is 36.4 Å². The zero-order chi connectivity index (χ0) is 17.7. The number of anilines is 1. The van der Waals surface area contributed by atoms with E-state index in [9.17, 15) is 8.42 Å². The molecule has 128 valence electrons. The summed E-state index contributed by atoms with van der Waals surface area (Å²) in [6, 6.07) is 16.6. The van der Waals surface area contributed by atoms with Crippen LogP contribution in [0.1, 0.15) is 18.4 Å². The molecule has 0 aliphatic rings. The van der Waals surface area contributed by atoms with Crippen LogP contribution in [0.25, 0.3) is 23.5 Å². The molecule has 3 aromatic rings. The van der Waals surface area contributed by atoms with Crippen molar-refractivity contribution in [1.29, 1.82) is 0 Å². The number of nitrogens with one attached hydrogen (secondary N) is 1.